The lowest BCUT2D eigenvalue weighted by molar-refractivity contribution is -0.830. The van der Waals surface area contributed by atoms with Crippen molar-refractivity contribution in [1.29, 1.82) is 0 Å². The zero-order chi connectivity index (χ0) is 11.7. The van der Waals surface area contributed by atoms with Crippen molar-refractivity contribution in [3.05, 3.63) is 29.8 Å². The van der Waals surface area contributed by atoms with E-state index in [1.165, 1.54) is 0 Å². The van der Waals surface area contributed by atoms with Gasteiger partial charge in [0.1, 0.15) is 0 Å². The summed E-state index contributed by atoms with van der Waals surface area (Å²) >= 11 is 0. The Bertz CT molecular complexity index is 283. The number of hydrogen-bond donors (Lipinski definition) is 2. The number of hydrogen-bond acceptors (Lipinski definition) is 2. The number of nitrogens with two attached hydrogens (primary N) is 1. The molecular weight excluding hydrogens is 192 g/mol. The maximum atomic E-state index is 11.1. The Balaban J connectivity index is 0.000000921. The number of quaternary nitrogens is 1. The molecule has 0 unspecified atom stereocenters. The number of rotatable bonds is 3. The third-order valence-corrected chi connectivity index (χ3v) is 1.65. The van der Waals surface area contributed by atoms with Crippen molar-refractivity contribution in [3.8, 4) is 0 Å². The normalized spacial score (nSPS) is 8.80. The molecule has 1 aromatic carbocycles. The Kier molecular flexibility index (Phi) is 7.23. The summed E-state index contributed by atoms with van der Waals surface area (Å²) < 4.78 is 0. The van der Waals surface area contributed by atoms with Gasteiger partial charge < -0.3 is 5.32 Å². The lowest BCUT2D eigenvalue weighted by atomic mass is 10.2. The average Bonchev–Trinajstić information content (AvgIpc) is 2.32. The van der Waals surface area contributed by atoms with Crippen LogP contribution in [0.1, 0.15) is 24.2 Å². The maximum absolute atomic E-state index is 11.1. The van der Waals surface area contributed by atoms with Crippen LogP contribution in [0.25, 0.3) is 0 Å². The Hall–Kier alpha value is -1.39. The van der Waals surface area contributed by atoms with E-state index >= 15 is 0 Å². The molecule has 84 valence electrons. The Morgan fingerprint density at radius 3 is 2.20 bits per heavy atom. The molecule has 1 aromatic rings. The van der Waals surface area contributed by atoms with Crippen molar-refractivity contribution in [1.82, 2.24) is 5.32 Å². The van der Waals surface area contributed by atoms with Gasteiger partial charge >= 0.3 is 0 Å². The minimum absolute atomic E-state index is 0.0797. The van der Waals surface area contributed by atoms with Gasteiger partial charge in [-0.05, 0) is 12.1 Å². The number of carbonyl (C=O) groups excluding carboxylic acids is 1. The predicted molar refractivity (Wildman–Crippen MR) is 59.8 cm³/mol. The molecule has 0 fully saturated rings. The highest BCUT2D eigenvalue weighted by Gasteiger charge is 2.02. The Morgan fingerprint density at radius 1 is 1.27 bits per heavy atom. The molecule has 3 N–H and O–H groups in total. The van der Waals surface area contributed by atoms with E-state index in [0.717, 1.165) is 5.69 Å². The van der Waals surface area contributed by atoms with E-state index in [4.69, 9.17) is 4.84 Å². The summed E-state index contributed by atoms with van der Waals surface area (Å²) in [6.45, 7) is 4.00. The summed E-state index contributed by atoms with van der Waals surface area (Å²) in [7, 11) is 3.20. The van der Waals surface area contributed by atoms with E-state index in [9.17, 15) is 4.79 Å². The average molecular weight is 211 g/mol. The smallest absolute Gasteiger partial charge is 0.251 e. The molecule has 1 amide bonds. The lowest BCUT2D eigenvalue weighted by Gasteiger charge is -1.99. The van der Waals surface area contributed by atoms with Gasteiger partial charge in [-0.15, -0.1) is 0 Å². The van der Waals surface area contributed by atoms with Crippen LogP contribution < -0.4 is 10.8 Å². The molecule has 1 rings (SSSR count). The molecule has 0 bridgehead atoms. The SMILES string of the molecule is CC.CNC(=O)c1ccc([NH2+]OC)cc1. The van der Waals surface area contributed by atoms with Gasteiger partial charge in [-0.2, -0.15) is 5.48 Å². The molecule has 15 heavy (non-hydrogen) atoms. The molecule has 0 saturated carbocycles. The van der Waals surface area contributed by atoms with E-state index < -0.39 is 0 Å². The first-order valence-corrected chi connectivity index (χ1v) is 4.96. The monoisotopic (exact) mass is 211 g/mol. The molecule has 0 spiro atoms. The molecule has 0 aromatic heterocycles. The molecule has 0 aliphatic rings. The second-order valence-corrected chi connectivity index (χ2v) is 2.55. The molecule has 0 atom stereocenters. The van der Waals surface area contributed by atoms with Crippen molar-refractivity contribution in [2.75, 3.05) is 14.2 Å². The molecule has 0 heterocycles. The number of amides is 1. The molecule has 0 aliphatic heterocycles. The van der Waals surface area contributed by atoms with E-state index in [0.29, 0.717) is 5.56 Å². The van der Waals surface area contributed by atoms with E-state index in [1.807, 2.05) is 26.0 Å². The van der Waals surface area contributed by atoms with Gasteiger partial charge in [0.05, 0.1) is 7.11 Å². The summed E-state index contributed by atoms with van der Waals surface area (Å²) in [5.74, 6) is -0.0797. The van der Waals surface area contributed by atoms with Gasteiger partial charge in [-0.1, -0.05) is 13.8 Å². The molecule has 4 heteroatoms. The van der Waals surface area contributed by atoms with Gasteiger partial charge in [-0.25, -0.2) is 4.84 Å². The standard InChI is InChI=1S/C9H12N2O2.C2H6/c1-10-9(12)7-3-5-8(6-4-7)11-13-2;1-2/h3-6,11H,1-2H3,(H,10,12);1-2H3/p+1. The topological polar surface area (TPSA) is 54.9 Å². The highest BCUT2D eigenvalue weighted by molar-refractivity contribution is 5.94. The van der Waals surface area contributed by atoms with Gasteiger partial charge in [0.25, 0.3) is 5.91 Å². The van der Waals surface area contributed by atoms with Gasteiger partial charge in [0.15, 0.2) is 5.69 Å². The first-order valence-electron chi connectivity index (χ1n) is 4.96. The van der Waals surface area contributed by atoms with Crippen LogP contribution in [0.2, 0.25) is 0 Å². The minimum atomic E-state index is -0.0797. The molecule has 0 saturated heterocycles. The van der Waals surface area contributed by atoms with Crippen LogP contribution in [-0.2, 0) is 4.84 Å². The summed E-state index contributed by atoms with van der Waals surface area (Å²) in [5.41, 5.74) is 3.21. The highest BCUT2D eigenvalue weighted by Crippen LogP contribution is 2.03. The van der Waals surface area contributed by atoms with Crippen LogP contribution in [0, 0.1) is 0 Å². The van der Waals surface area contributed by atoms with Crippen LogP contribution in [0.5, 0.6) is 0 Å². The van der Waals surface area contributed by atoms with Crippen LogP contribution in [0.3, 0.4) is 0 Å². The number of benzene rings is 1. The van der Waals surface area contributed by atoms with Crippen molar-refractivity contribution >= 4 is 11.6 Å². The first kappa shape index (κ1) is 13.6. The summed E-state index contributed by atoms with van der Waals surface area (Å²) in [4.78, 5) is 16.0. The van der Waals surface area contributed by atoms with Crippen LogP contribution >= 0.6 is 0 Å². The summed E-state index contributed by atoms with van der Waals surface area (Å²) in [6.07, 6.45) is 0. The van der Waals surface area contributed by atoms with Crippen LogP contribution in [0.15, 0.2) is 24.3 Å². The van der Waals surface area contributed by atoms with Crippen LogP contribution in [-0.4, -0.2) is 20.1 Å². The number of carbonyl (C=O) groups is 1. The fourth-order valence-electron chi connectivity index (χ4n) is 0.993. The minimum Gasteiger partial charge on any atom is -0.355 e. The third-order valence-electron chi connectivity index (χ3n) is 1.65. The van der Waals surface area contributed by atoms with Gasteiger partial charge in [-0.3, -0.25) is 4.79 Å². The van der Waals surface area contributed by atoms with Crippen molar-refractivity contribution in [2.45, 2.75) is 13.8 Å². The predicted octanol–water partition coefficient (Wildman–Crippen LogP) is 0.829. The molecule has 0 radical (unpaired) electrons. The van der Waals surface area contributed by atoms with Crippen molar-refractivity contribution < 1.29 is 15.1 Å². The van der Waals surface area contributed by atoms with Crippen molar-refractivity contribution in [2.24, 2.45) is 0 Å². The van der Waals surface area contributed by atoms with Gasteiger partial charge in [0, 0.05) is 24.7 Å². The largest absolute Gasteiger partial charge is 0.355 e. The molecule has 0 aliphatic carbocycles. The first-order chi connectivity index (χ1) is 7.27. The fourth-order valence-corrected chi connectivity index (χ4v) is 0.993. The summed E-state index contributed by atoms with van der Waals surface area (Å²) in [6, 6.07) is 7.16. The highest BCUT2D eigenvalue weighted by atomic mass is 16.6. The number of nitrogens with one attached hydrogen (secondary N) is 1. The quantitative estimate of drug-likeness (QED) is 0.574. The third kappa shape index (κ3) is 4.58. The second-order valence-electron chi connectivity index (χ2n) is 2.55. The maximum Gasteiger partial charge on any atom is 0.251 e. The van der Waals surface area contributed by atoms with E-state index in [2.05, 4.69) is 5.32 Å². The zero-order valence-electron chi connectivity index (χ0n) is 9.70. The van der Waals surface area contributed by atoms with E-state index in [1.54, 1.807) is 31.8 Å². The van der Waals surface area contributed by atoms with Crippen LogP contribution in [0.4, 0.5) is 5.69 Å². The second kappa shape index (κ2) is 7.96. The Labute approximate surface area is 90.6 Å². The van der Waals surface area contributed by atoms with Gasteiger partial charge in [0.2, 0.25) is 0 Å². The zero-order valence-corrected chi connectivity index (χ0v) is 9.70. The summed E-state index contributed by atoms with van der Waals surface area (Å²) in [5, 5.41) is 2.55. The lowest BCUT2D eigenvalue weighted by Crippen LogP contribution is -2.75. The van der Waals surface area contributed by atoms with Crippen molar-refractivity contribution in [3.63, 3.8) is 0 Å². The fraction of sp³-hybridized carbons (Fsp3) is 0.364. The van der Waals surface area contributed by atoms with E-state index in [-0.39, 0.29) is 5.91 Å². The molecule has 4 nitrogen and oxygen atoms in total. The Morgan fingerprint density at radius 2 is 1.80 bits per heavy atom. The molecular formula is C11H19N2O2+.